The van der Waals surface area contributed by atoms with Crippen LogP contribution in [0.4, 0.5) is 0 Å². The monoisotopic (exact) mass is 231 g/mol. The highest BCUT2D eigenvalue weighted by atomic mass is 16.5. The molecule has 0 saturated heterocycles. The molecule has 1 heterocycles. The van der Waals surface area contributed by atoms with Crippen molar-refractivity contribution in [2.45, 2.75) is 20.0 Å². The number of aryl methyl sites for hydroxylation is 1. The van der Waals surface area contributed by atoms with Crippen molar-refractivity contribution < 1.29 is 4.74 Å². The first-order valence-corrected chi connectivity index (χ1v) is 5.68. The van der Waals surface area contributed by atoms with Crippen LogP contribution in [-0.2, 0) is 13.1 Å². The zero-order chi connectivity index (χ0) is 12.3. The van der Waals surface area contributed by atoms with Gasteiger partial charge in [-0.2, -0.15) is 0 Å². The molecule has 17 heavy (non-hydrogen) atoms. The second kappa shape index (κ2) is 5.01. The van der Waals surface area contributed by atoms with Crippen LogP contribution in [0.15, 0.2) is 30.6 Å². The minimum Gasteiger partial charge on any atom is -0.497 e. The molecule has 2 aromatic rings. The molecule has 0 saturated carbocycles. The summed E-state index contributed by atoms with van der Waals surface area (Å²) in [5, 5.41) is 0. The summed E-state index contributed by atoms with van der Waals surface area (Å²) in [4.78, 5) is 4.39. The van der Waals surface area contributed by atoms with Gasteiger partial charge < -0.3 is 15.0 Å². The van der Waals surface area contributed by atoms with E-state index in [-0.39, 0.29) is 0 Å². The van der Waals surface area contributed by atoms with E-state index in [9.17, 15) is 0 Å². The Labute approximate surface area is 101 Å². The normalized spacial score (nSPS) is 10.5. The molecule has 0 amide bonds. The summed E-state index contributed by atoms with van der Waals surface area (Å²) in [5.41, 5.74) is 7.90. The van der Waals surface area contributed by atoms with Crippen molar-refractivity contribution in [1.29, 1.82) is 0 Å². The SMILES string of the molecule is CCn1ccnc1-c1ccc(OC)cc1CN. The van der Waals surface area contributed by atoms with Crippen LogP contribution in [0.1, 0.15) is 12.5 Å². The topological polar surface area (TPSA) is 53.1 Å². The Morgan fingerprint density at radius 1 is 1.41 bits per heavy atom. The molecule has 1 aromatic heterocycles. The van der Waals surface area contributed by atoms with Gasteiger partial charge in [0.25, 0.3) is 0 Å². The van der Waals surface area contributed by atoms with Gasteiger partial charge in [-0.15, -0.1) is 0 Å². The first-order chi connectivity index (χ1) is 8.30. The number of aromatic nitrogens is 2. The lowest BCUT2D eigenvalue weighted by atomic mass is 10.1. The van der Waals surface area contributed by atoms with Crippen LogP contribution in [0, 0.1) is 0 Å². The summed E-state index contributed by atoms with van der Waals surface area (Å²) in [7, 11) is 1.66. The molecule has 0 bridgehead atoms. The molecule has 0 radical (unpaired) electrons. The van der Waals surface area contributed by atoms with E-state index in [1.165, 1.54) is 0 Å². The Morgan fingerprint density at radius 2 is 2.24 bits per heavy atom. The number of nitrogens with two attached hydrogens (primary N) is 1. The Balaban J connectivity index is 2.51. The molecule has 0 aliphatic heterocycles. The smallest absolute Gasteiger partial charge is 0.140 e. The van der Waals surface area contributed by atoms with Gasteiger partial charge in [-0.3, -0.25) is 0 Å². The highest BCUT2D eigenvalue weighted by molar-refractivity contribution is 5.62. The van der Waals surface area contributed by atoms with Gasteiger partial charge in [-0.25, -0.2) is 4.98 Å². The van der Waals surface area contributed by atoms with Crippen molar-refractivity contribution in [3.8, 4) is 17.1 Å². The predicted octanol–water partition coefficient (Wildman–Crippen LogP) is 2.04. The fraction of sp³-hybridized carbons (Fsp3) is 0.308. The Morgan fingerprint density at radius 3 is 2.88 bits per heavy atom. The van der Waals surface area contributed by atoms with E-state index < -0.39 is 0 Å². The number of methoxy groups -OCH3 is 1. The van der Waals surface area contributed by atoms with Crippen LogP contribution >= 0.6 is 0 Å². The molecule has 4 nitrogen and oxygen atoms in total. The number of rotatable bonds is 4. The van der Waals surface area contributed by atoms with E-state index in [1.54, 1.807) is 7.11 Å². The Kier molecular flexibility index (Phi) is 3.44. The third-order valence-corrected chi connectivity index (χ3v) is 2.83. The van der Waals surface area contributed by atoms with Crippen molar-refractivity contribution in [2.75, 3.05) is 7.11 Å². The molecule has 4 heteroatoms. The summed E-state index contributed by atoms with van der Waals surface area (Å²) in [5.74, 6) is 1.78. The maximum Gasteiger partial charge on any atom is 0.140 e. The average Bonchev–Trinajstić information content (AvgIpc) is 2.85. The third-order valence-electron chi connectivity index (χ3n) is 2.83. The van der Waals surface area contributed by atoms with Gasteiger partial charge in [-0.1, -0.05) is 0 Å². The number of hydrogen-bond acceptors (Lipinski definition) is 3. The maximum absolute atomic E-state index is 5.78. The zero-order valence-corrected chi connectivity index (χ0v) is 10.2. The summed E-state index contributed by atoms with van der Waals surface area (Å²) >= 11 is 0. The molecule has 0 atom stereocenters. The van der Waals surface area contributed by atoms with Crippen LogP contribution in [-0.4, -0.2) is 16.7 Å². The molecular weight excluding hydrogens is 214 g/mol. The van der Waals surface area contributed by atoms with Gasteiger partial charge in [0.15, 0.2) is 0 Å². The first-order valence-electron chi connectivity index (χ1n) is 5.68. The van der Waals surface area contributed by atoms with Crippen LogP contribution in [0.25, 0.3) is 11.4 Å². The molecule has 90 valence electrons. The van der Waals surface area contributed by atoms with E-state index >= 15 is 0 Å². The van der Waals surface area contributed by atoms with Crippen molar-refractivity contribution in [2.24, 2.45) is 5.73 Å². The summed E-state index contributed by atoms with van der Waals surface area (Å²) in [6, 6.07) is 5.91. The Hall–Kier alpha value is -1.81. The second-order valence-corrected chi connectivity index (χ2v) is 3.76. The highest BCUT2D eigenvalue weighted by Gasteiger charge is 2.10. The first kappa shape index (κ1) is 11.7. The van der Waals surface area contributed by atoms with Gasteiger partial charge in [0.2, 0.25) is 0 Å². The van der Waals surface area contributed by atoms with Crippen LogP contribution in [0.3, 0.4) is 0 Å². The fourth-order valence-corrected chi connectivity index (χ4v) is 1.89. The van der Waals surface area contributed by atoms with Crippen LogP contribution in [0.2, 0.25) is 0 Å². The quantitative estimate of drug-likeness (QED) is 0.876. The molecule has 2 rings (SSSR count). The molecule has 2 N–H and O–H groups in total. The average molecular weight is 231 g/mol. The summed E-state index contributed by atoms with van der Waals surface area (Å²) in [6.07, 6.45) is 3.78. The zero-order valence-electron chi connectivity index (χ0n) is 10.2. The lowest BCUT2D eigenvalue weighted by Gasteiger charge is -2.11. The van der Waals surface area contributed by atoms with Gasteiger partial charge in [-0.05, 0) is 30.7 Å². The predicted molar refractivity (Wildman–Crippen MR) is 67.8 cm³/mol. The highest BCUT2D eigenvalue weighted by Crippen LogP contribution is 2.26. The van der Waals surface area contributed by atoms with Crippen molar-refractivity contribution >= 4 is 0 Å². The Bertz CT molecular complexity index is 505. The fourth-order valence-electron chi connectivity index (χ4n) is 1.89. The standard InChI is InChI=1S/C13H17N3O/c1-3-16-7-6-15-13(16)12-5-4-11(17-2)8-10(12)9-14/h4-8H,3,9,14H2,1-2H3. The van der Waals surface area contributed by atoms with Crippen LogP contribution < -0.4 is 10.5 Å². The van der Waals surface area contributed by atoms with Gasteiger partial charge in [0, 0.05) is 31.0 Å². The minimum atomic E-state index is 0.475. The lowest BCUT2D eigenvalue weighted by Crippen LogP contribution is -2.03. The number of benzene rings is 1. The largest absolute Gasteiger partial charge is 0.497 e. The van der Waals surface area contributed by atoms with Crippen molar-refractivity contribution in [3.05, 3.63) is 36.2 Å². The van der Waals surface area contributed by atoms with Gasteiger partial charge in [0.05, 0.1) is 7.11 Å². The van der Waals surface area contributed by atoms with E-state index in [0.29, 0.717) is 6.54 Å². The maximum atomic E-state index is 5.78. The van der Waals surface area contributed by atoms with Crippen molar-refractivity contribution in [1.82, 2.24) is 9.55 Å². The molecule has 0 fully saturated rings. The van der Waals surface area contributed by atoms with E-state index in [4.69, 9.17) is 10.5 Å². The number of hydrogen-bond donors (Lipinski definition) is 1. The summed E-state index contributed by atoms with van der Waals surface area (Å²) in [6.45, 7) is 3.46. The third kappa shape index (κ3) is 2.17. The number of ether oxygens (including phenoxy) is 1. The molecule has 0 unspecified atom stereocenters. The number of imidazole rings is 1. The molecule has 1 aromatic carbocycles. The minimum absolute atomic E-state index is 0.475. The van der Waals surface area contributed by atoms with Crippen LogP contribution in [0.5, 0.6) is 5.75 Å². The summed E-state index contributed by atoms with van der Waals surface area (Å²) < 4.78 is 7.30. The number of nitrogens with zero attached hydrogens (tertiary/aromatic N) is 2. The second-order valence-electron chi connectivity index (χ2n) is 3.76. The van der Waals surface area contributed by atoms with Crippen molar-refractivity contribution in [3.63, 3.8) is 0 Å². The molecule has 0 aliphatic rings. The molecular formula is C13H17N3O. The van der Waals surface area contributed by atoms with E-state index in [2.05, 4.69) is 16.5 Å². The van der Waals surface area contributed by atoms with Gasteiger partial charge >= 0.3 is 0 Å². The lowest BCUT2D eigenvalue weighted by molar-refractivity contribution is 0.414. The van der Waals surface area contributed by atoms with Gasteiger partial charge in [0.1, 0.15) is 11.6 Å². The van der Waals surface area contributed by atoms with E-state index in [1.807, 2.05) is 30.6 Å². The molecule has 0 aliphatic carbocycles. The molecule has 0 spiro atoms. The van der Waals surface area contributed by atoms with E-state index in [0.717, 1.165) is 29.2 Å².